The van der Waals surface area contributed by atoms with Crippen LogP contribution in [0.1, 0.15) is 17.9 Å². The van der Waals surface area contributed by atoms with Gasteiger partial charge in [0.15, 0.2) is 0 Å². The van der Waals surface area contributed by atoms with Gasteiger partial charge in [-0.1, -0.05) is 6.07 Å². The lowest BCUT2D eigenvalue weighted by molar-refractivity contribution is -0.116. The second kappa shape index (κ2) is 4.03. The summed E-state index contributed by atoms with van der Waals surface area (Å²) in [6.45, 7) is 0. The summed E-state index contributed by atoms with van der Waals surface area (Å²) in [5.41, 5.74) is 1.45. The lowest BCUT2D eigenvalue weighted by Crippen LogP contribution is -2.23. The number of rotatable bonds is 0. The average molecular weight is 303 g/mol. The minimum absolute atomic E-state index is 0.163. The summed E-state index contributed by atoms with van der Waals surface area (Å²) in [6, 6.07) is 5.85. The molecule has 1 amide bonds. The van der Waals surface area contributed by atoms with E-state index >= 15 is 0 Å². The topological polar surface area (TPSA) is 78.7 Å². The highest BCUT2D eigenvalue weighted by Crippen LogP contribution is 2.37. The lowest BCUT2D eigenvalue weighted by Gasteiger charge is -2.21. The molecule has 6 heteroatoms. The van der Waals surface area contributed by atoms with Crippen molar-refractivity contribution in [3.63, 3.8) is 0 Å². The fourth-order valence-electron chi connectivity index (χ4n) is 2.15. The molecule has 1 aliphatic heterocycles. The number of carbonyl (C=O) groups is 1. The van der Waals surface area contributed by atoms with Gasteiger partial charge in [-0.2, -0.15) is 5.26 Å². The number of hydrogen-bond acceptors (Lipinski definition) is 4. The molecule has 0 radical (unpaired) electrons. The number of halogens is 1. The van der Waals surface area contributed by atoms with Crippen molar-refractivity contribution in [3.8, 4) is 6.07 Å². The number of fused-ring (bicyclic) bond motifs is 3. The molecule has 88 valence electrons. The summed E-state index contributed by atoms with van der Waals surface area (Å²) in [6.07, 6.45) is 1.83. The molecule has 0 spiro atoms. The number of nitriles is 1. The van der Waals surface area contributed by atoms with E-state index in [0.717, 1.165) is 10.9 Å². The Morgan fingerprint density at radius 1 is 1.56 bits per heavy atom. The molecule has 1 atom stereocenters. The van der Waals surface area contributed by atoms with E-state index in [-0.39, 0.29) is 12.3 Å². The van der Waals surface area contributed by atoms with Crippen molar-refractivity contribution >= 4 is 38.6 Å². The van der Waals surface area contributed by atoms with Crippen LogP contribution in [0.3, 0.4) is 0 Å². The number of pyridine rings is 2. The van der Waals surface area contributed by atoms with Gasteiger partial charge in [0, 0.05) is 23.6 Å². The SMILES string of the molecule is N#CC1CC(=O)Nc2nc(Br)c3ncccc3c21. The quantitative estimate of drug-likeness (QED) is 0.758. The number of aromatic nitrogens is 2. The Kier molecular flexibility index (Phi) is 2.49. The minimum Gasteiger partial charge on any atom is -0.310 e. The monoisotopic (exact) mass is 302 g/mol. The first kappa shape index (κ1) is 11.1. The van der Waals surface area contributed by atoms with Crippen molar-refractivity contribution < 1.29 is 4.79 Å². The smallest absolute Gasteiger partial charge is 0.227 e. The van der Waals surface area contributed by atoms with Gasteiger partial charge in [0.05, 0.1) is 12.0 Å². The van der Waals surface area contributed by atoms with Crippen LogP contribution in [0.5, 0.6) is 0 Å². The fraction of sp³-hybridized carbons (Fsp3) is 0.167. The van der Waals surface area contributed by atoms with Crippen LogP contribution in [0.4, 0.5) is 5.82 Å². The molecule has 0 saturated heterocycles. The van der Waals surface area contributed by atoms with Crippen LogP contribution in [-0.4, -0.2) is 15.9 Å². The van der Waals surface area contributed by atoms with Crippen molar-refractivity contribution in [2.75, 3.05) is 5.32 Å². The van der Waals surface area contributed by atoms with Crippen molar-refractivity contribution in [2.24, 2.45) is 0 Å². The number of hydrogen-bond donors (Lipinski definition) is 1. The Labute approximate surface area is 111 Å². The zero-order chi connectivity index (χ0) is 12.7. The Morgan fingerprint density at radius 2 is 2.39 bits per heavy atom. The Hall–Kier alpha value is -2.00. The van der Waals surface area contributed by atoms with E-state index in [9.17, 15) is 10.1 Å². The molecule has 0 saturated carbocycles. The maximum Gasteiger partial charge on any atom is 0.227 e. The van der Waals surface area contributed by atoms with Crippen LogP contribution in [0.15, 0.2) is 22.9 Å². The zero-order valence-electron chi connectivity index (χ0n) is 9.14. The minimum atomic E-state index is -0.471. The van der Waals surface area contributed by atoms with Crippen molar-refractivity contribution in [1.82, 2.24) is 9.97 Å². The van der Waals surface area contributed by atoms with Crippen molar-refractivity contribution in [1.29, 1.82) is 5.26 Å². The predicted molar refractivity (Wildman–Crippen MR) is 68.8 cm³/mol. The average Bonchev–Trinajstić information content (AvgIpc) is 2.37. The molecule has 1 N–H and O–H groups in total. The highest BCUT2D eigenvalue weighted by Gasteiger charge is 2.29. The summed E-state index contributed by atoms with van der Waals surface area (Å²) in [4.78, 5) is 20.0. The largest absolute Gasteiger partial charge is 0.310 e. The Morgan fingerprint density at radius 3 is 3.17 bits per heavy atom. The Bertz CT molecular complexity index is 707. The second-order valence-electron chi connectivity index (χ2n) is 4.00. The summed E-state index contributed by atoms with van der Waals surface area (Å²) in [5.74, 6) is -0.206. The summed E-state index contributed by atoms with van der Waals surface area (Å²) < 4.78 is 0.565. The van der Waals surface area contributed by atoms with Crippen molar-refractivity contribution in [3.05, 3.63) is 28.5 Å². The van der Waals surface area contributed by atoms with Gasteiger partial charge in [-0.15, -0.1) is 0 Å². The molecule has 3 heterocycles. The van der Waals surface area contributed by atoms with Crippen molar-refractivity contribution in [2.45, 2.75) is 12.3 Å². The van der Waals surface area contributed by atoms with Gasteiger partial charge in [0.2, 0.25) is 5.91 Å². The first-order valence-corrected chi connectivity index (χ1v) is 6.13. The molecule has 1 aliphatic rings. The van der Waals surface area contributed by atoms with E-state index < -0.39 is 5.92 Å². The van der Waals surface area contributed by atoms with E-state index in [0.29, 0.717) is 15.9 Å². The second-order valence-corrected chi connectivity index (χ2v) is 4.75. The maximum atomic E-state index is 11.5. The van der Waals surface area contributed by atoms with E-state index in [2.05, 4.69) is 37.3 Å². The highest BCUT2D eigenvalue weighted by molar-refractivity contribution is 9.10. The van der Waals surface area contributed by atoms with Crippen LogP contribution in [0.25, 0.3) is 10.9 Å². The molecule has 0 fully saturated rings. The molecule has 1 unspecified atom stereocenters. The maximum absolute atomic E-state index is 11.5. The molecule has 2 aromatic rings. The van der Waals surface area contributed by atoms with E-state index in [1.165, 1.54) is 0 Å². The number of carbonyl (C=O) groups excluding carboxylic acids is 1. The molecule has 0 aliphatic carbocycles. The van der Waals surface area contributed by atoms with Crippen LogP contribution < -0.4 is 5.32 Å². The summed E-state index contributed by atoms with van der Waals surface area (Å²) >= 11 is 3.33. The Balaban J connectivity index is 2.40. The summed E-state index contributed by atoms with van der Waals surface area (Å²) in [5, 5.41) is 12.7. The summed E-state index contributed by atoms with van der Waals surface area (Å²) in [7, 11) is 0. The van der Waals surface area contributed by atoms with Gasteiger partial charge in [-0.3, -0.25) is 9.78 Å². The van der Waals surface area contributed by atoms with E-state index in [4.69, 9.17) is 0 Å². The molecule has 18 heavy (non-hydrogen) atoms. The molecule has 5 nitrogen and oxygen atoms in total. The molecule has 3 rings (SSSR count). The number of nitrogens with zero attached hydrogens (tertiary/aromatic N) is 3. The van der Waals surface area contributed by atoms with Crippen LogP contribution in [-0.2, 0) is 4.79 Å². The van der Waals surface area contributed by atoms with Crippen LogP contribution in [0, 0.1) is 11.3 Å². The number of anilines is 1. The predicted octanol–water partition coefficient (Wildman–Crippen LogP) is 2.34. The van der Waals surface area contributed by atoms with Gasteiger partial charge >= 0.3 is 0 Å². The first-order chi connectivity index (χ1) is 8.70. The van der Waals surface area contributed by atoms with Gasteiger partial charge in [-0.05, 0) is 22.0 Å². The molecule has 2 aromatic heterocycles. The van der Waals surface area contributed by atoms with Crippen LogP contribution >= 0.6 is 15.9 Å². The molecular formula is C12H7BrN4O. The lowest BCUT2D eigenvalue weighted by atomic mass is 9.91. The third-order valence-electron chi connectivity index (χ3n) is 2.91. The standard InChI is InChI=1S/C12H7BrN4O/c13-11-10-7(2-1-3-15-10)9-6(5-14)4-8(18)16-12(9)17-11/h1-3,6H,4H2,(H,16,17,18). The van der Waals surface area contributed by atoms with Gasteiger partial charge in [0.25, 0.3) is 0 Å². The third kappa shape index (κ3) is 1.56. The number of amides is 1. The van der Waals surface area contributed by atoms with Crippen LogP contribution in [0.2, 0.25) is 0 Å². The zero-order valence-corrected chi connectivity index (χ0v) is 10.7. The van der Waals surface area contributed by atoms with E-state index in [1.54, 1.807) is 12.3 Å². The van der Waals surface area contributed by atoms with Gasteiger partial charge in [0.1, 0.15) is 15.9 Å². The fourth-order valence-corrected chi connectivity index (χ4v) is 2.65. The number of nitrogens with one attached hydrogen (secondary N) is 1. The third-order valence-corrected chi connectivity index (χ3v) is 3.46. The molecular weight excluding hydrogens is 296 g/mol. The molecule has 0 bridgehead atoms. The normalized spacial score (nSPS) is 18.0. The van der Waals surface area contributed by atoms with E-state index in [1.807, 2.05) is 6.07 Å². The first-order valence-electron chi connectivity index (χ1n) is 5.34. The van der Waals surface area contributed by atoms with Gasteiger partial charge in [-0.25, -0.2) is 4.98 Å². The highest BCUT2D eigenvalue weighted by atomic mass is 79.9. The molecule has 0 aromatic carbocycles. The van der Waals surface area contributed by atoms with Gasteiger partial charge < -0.3 is 5.32 Å².